The third-order valence-corrected chi connectivity index (χ3v) is 4.00. The van der Waals surface area contributed by atoms with Crippen molar-refractivity contribution in [2.24, 2.45) is 11.8 Å². The van der Waals surface area contributed by atoms with Crippen LogP contribution in [0.2, 0.25) is 0 Å². The molecule has 2 aliphatic rings. The molecular weight excluding hydrogens is 254 g/mol. The lowest BCUT2D eigenvalue weighted by Crippen LogP contribution is -2.10. The number of nitrogens with one attached hydrogen (secondary N) is 1. The number of nitrogens with zero attached hydrogens (tertiary/aromatic N) is 2. The van der Waals surface area contributed by atoms with Crippen LogP contribution < -0.4 is 5.32 Å². The van der Waals surface area contributed by atoms with Crippen LogP contribution in [0, 0.1) is 11.8 Å². The number of fused-ring (bicyclic) bond motifs is 1. The van der Waals surface area contributed by atoms with Gasteiger partial charge in [-0.3, -0.25) is 0 Å². The van der Waals surface area contributed by atoms with E-state index in [0.29, 0.717) is 0 Å². The molecule has 0 spiro atoms. The van der Waals surface area contributed by atoms with Gasteiger partial charge in [-0.15, -0.1) is 10.2 Å². The van der Waals surface area contributed by atoms with Crippen LogP contribution in [-0.4, -0.2) is 23.3 Å². The molecule has 0 bridgehead atoms. The molecule has 2 unspecified atom stereocenters. The SMILES string of the molecule is C1NCC2CC12.CC.c1ccc(-c2nncs2)cc1. The zero-order valence-corrected chi connectivity index (χ0v) is 12.4. The monoisotopic (exact) mass is 275 g/mol. The number of rotatable bonds is 1. The molecule has 4 rings (SSSR count). The van der Waals surface area contributed by atoms with Crippen LogP contribution in [-0.2, 0) is 0 Å². The van der Waals surface area contributed by atoms with E-state index in [9.17, 15) is 0 Å². The van der Waals surface area contributed by atoms with Crippen LogP contribution >= 0.6 is 11.3 Å². The summed E-state index contributed by atoms with van der Waals surface area (Å²) >= 11 is 1.55. The van der Waals surface area contributed by atoms with Gasteiger partial charge in [0.1, 0.15) is 10.5 Å². The molecule has 1 N–H and O–H groups in total. The van der Waals surface area contributed by atoms with Crippen molar-refractivity contribution in [3.05, 3.63) is 35.8 Å². The second kappa shape index (κ2) is 7.36. The Labute approximate surface area is 119 Å². The maximum atomic E-state index is 3.96. The Morgan fingerprint density at radius 2 is 1.79 bits per heavy atom. The minimum Gasteiger partial charge on any atom is -0.316 e. The fourth-order valence-electron chi connectivity index (χ4n) is 2.14. The van der Waals surface area contributed by atoms with Crippen molar-refractivity contribution in [3.8, 4) is 10.6 Å². The fraction of sp³-hybridized carbons (Fsp3) is 0.467. The van der Waals surface area contributed by atoms with E-state index in [1.807, 2.05) is 44.2 Å². The topological polar surface area (TPSA) is 37.8 Å². The summed E-state index contributed by atoms with van der Waals surface area (Å²) < 4.78 is 0. The lowest BCUT2D eigenvalue weighted by atomic mass is 10.2. The molecule has 1 saturated heterocycles. The van der Waals surface area contributed by atoms with Gasteiger partial charge >= 0.3 is 0 Å². The van der Waals surface area contributed by atoms with Gasteiger partial charge in [0.2, 0.25) is 0 Å². The van der Waals surface area contributed by atoms with Gasteiger partial charge in [-0.2, -0.15) is 0 Å². The highest BCUT2D eigenvalue weighted by Crippen LogP contribution is 2.40. The summed E-state index contributed by atoms with van der Waals surface area (Å²) in [7, 11) is 0. The Kier molecular flexibility index (Phi) is 5.48. The predicted octanol–water partition coefficient (Wildman–Crippen LogP) is 3.46. The summed E-state index contributed by atoms with van der Waals surface area (Å²) in [6, 6.07) is 10.0. The van der Waals surface area contributed by atoms with E-state index in [1.165, 1.54) is 19.5 Å². The highest BCUT2D eigenvalue weighted by Gasteiger charge is 2.40. The van der Waals surface area contributed by atoms with Crippen LogP contribution in [0.5, 0.6) is 0 Å². The smallest absolute Gasteiger partial charge is 0.147 e. The van der Waals surface area contributed by atoms with Crippen molar-refractivity contribution in [2.45, 2.75) is 20.3 Å². The summed E-state index contributed by atoms with van der Waals surface area (Å²) in [6.07, 6.45) is 1.52. The van der Waals surface area contributed by atoms with Gasteiger partial charge in [-0.1, -0.05) is 55.5 Å². The average Bonchev–Trinajstić information content (AvgIpc) is 2.93. The molecule has 102 valence electrons. The Morgan fingerprint density at radius 1 is 1.11 bits per heavy atom. The van der Waals surface area contributed by atoms with Crippen molar-refractivity contribution in [1.82, 2.24) is 15.5 Å². The standard InChI is InChI=1S/C8H6N2S.C5H9N.C2H6/c1-2-4-7(5-3-1)8-10-9-6-11-8;1-4-2-6-3-5(1)4;1-2/h1-6H;4-6H,1-3H2;1-2H3. The molecule has 2 aromatic rings. The largest absolute Gasteiger partial charge is 0.316 e. The van der Waals surface area contributed by atoms with Crippen LogP contribution in [0.15, 0.2) is 35.8 Å². The Balaban J connectivity index is 0.000000140. The first-order valence-corrected chi connectivity index (χ1v) is 7.84. The molecule has 4 heteroatoms. The lowest BCUT2D eigenvalue weighted by Gasteiger charge is -1.90. The molecule has 0 radical (unpaired) electrons. The molecule has 2 fully saturated rings. The number of benzene rings is 1. The fourth-order valence-corrected chi connectivity index (χ4v) is 2.70. The highest BCUT2D eigenvalue weighted by atomic mass is 32.1. The first kappa shape index (κ1) is 14.2. The Bertz CT molecular complexity index is 448. The number of piperidine rings is 1. The second-order valence-corrected chi connectivity index (χ2v) is 5.36. The molecule has 2 atom stereocenters. The Hall–Kier alpha value is -1.26. The quantitative estimate of drug-likeness (QED) is 0.866. The first-order valence-electron chi connectivity index (χ1n) is 6.96. The van der Waals surface area contributed by atoms with Crippen LogP contribution in [0.4, 0.5) is 0 Å². The van der Waals surface area contributed by atoms with Crippen molar-refractivity contribution >= 4 is 11.3 Å². The molecule has 1 aliphatic heterocycles. The summed E-state index contributed by atoms with van der Waals surface area (Å²) in [5, 5.41) is 12.0. The lowest BCUT2D eigenvalue weighted by molar-refractivity contribution is 0.732. The molecule has 2 heterocycles. The molecule has 1 aromatic carbocycles. The van der Waals surface area contributed by atoms with E-state index in [0.717, 1.165) is 22.4 Å². The molecule has 1 saturated carbocycles. The van der Waals surface area contributed by atoms with Crippen molar-refractivity contribution < 1.29 is 0 Å². The summed E-state index contributed by atoms with van der Waals surface area (Å²) in [5.41, 5.74) is 2.87. The summed E-state index contributed by atoms with van der Waals surface area (Å²) in [6.45, 7) is 6.62. The highest BCUT2D eigenvalue weighted by molar-refractivity contribution is 7.12. The van der Waals surface area contributed by atoms with Gasteiger partial charge in [0.25, 0.3) is 0 Å². The number of aromatic nitrogens is 2. The molecule has 19 heavy (non-hydrogen) atoms. The van der Waals surface area contributed by atoms with Crippen LogP contribution in [0.3, 0.4) is 0 Å². The number of hydrogen-bond donors (Lipinski definition) is 1. The van der Waals surface area contributed by atoms with Crippen molar-refractivity contribution in [3.63, 3.8) is 0 Å². The molecule has 0 amide bonds. The predicted molar refractivity (Wildman–Crippen MR) is 81.2 cm³/mol. The third kappa shape index (κ3) is 4.11. The minimum absolute atomic E-state index is 0.977. The Morgan fingerprint density at radius 3 is 2.21 bits per heavy atom. The van der Waals surface area contributed by atoms with E-state index < -0.39 is 0 Å². The van der Waals surface area contributed by atoms with E-state index >= 15 is 0 Å². The van der Waals surface area contributed by atoms with Crippen molar-refractivity contribution in [1.29, 1.82) is 0 Å². The normalized spacial score (nSPS) is 22.4. The van der Waals surface area contributed by atoms with Crippen molar-refractivity contribution in [2.75, 3.05) is 13.1 Å². The van der Waals surface area contributed by atoms with Crippen LogP contribution in [0.25, 0.3) is 10.6 Å². The number of hydrogen-bond acceptors (Lipinski definition) is 4. The first-order chi connectivity index (χ1) is 9.43. The maximum absolute atomic E-state index is 3.96. The summed E-state index contributed by atoms with van der Waals surface area (Å²) in [5.74, 6) is 2.20. The van der Waals surface area contributed by atoms with Gasteiger partial charge in [0, 0.05) is 5.56 Å². The van der Waals surface area contributed by atoms with Crippen LogP contribution in [0.1, 0.15) is 20.3 Å². The molecule has 1 aromatic heterocycles. The molecular formula is C15H21N3S. The van der Waals surface area contributed by atoms with E-state index in [4.69, 9.17) is 0 Å². The third-order valence-electron chi connectivity index (χ3n) is 3.26. The zero-order valence-electron chi connectivity index (χ0n) is 11.5. The van der Waals surface area contributed by atoms with Gasteiger partial charge in [0.15, 0.2) is 0 Å². The van der Waals surface area contributed by atoms with Gasteiger partial charge in [0.05, 0.1) is 0 Å². The average molecular weight is 275 g/mol. The molecule has 3 nitrogen and oxygen atoms in total. The zero-order chi connectivity index (χ0) is 13.5. The summed E-state index contributed by atoms with van der Waals surface area (Å²) in [4.78, 5) is 0. The second-order valence-electron chi connectivity index (χ2n) is 4.52. The maximum Gasteiger partial charge on any atom is 0.147 e. The van der Waals surface area contributed by atoms with E-state index in [1.54, 1.807) is 16.8 Å². The molecule has 1 aliphatic carbocycles. The van der Waals surface area contributed by atoms with E-state index in [2.05, 4.69) is 15.5 Å². The van der Waals surface area contributed by atoms with E-state index in [-0.39, 0.29) is 0 Å². The van der Waals surface area contributed by atoms with Gasteiger partial charge in [-0.05, 0) is 31.3 Å². The van der Waals surface area contributed by atoms with Gasteiger partial charge in [-0.25, -0.2) is 0 Å². The minimum atomic E-state index is 0.977. The van der Waals surface area contributed by atoms with Gasteiger partial charge < -0.3 is 5.32 Å².